The number of carbonyl (C=O) groups excluding carboxylic acids is 1. The molecule has 1 rings (SSSR count). The van der Waals surface area contributed by atoms with Crippen molar-refractivity contribution < 1.29 is 19.8 Å². The highest BCUT2D eigenvalue weighted by atomic mass is 79.9. The van der Waals surface area contributed by atoms with Crippen LogP contribution in [0.25, 0.3) is 0 Å². The Morgan fingerprint density at radius 2 is 2.12 bits per heavy atom. The molecule has 0 aliphatic heterocycles. The van der Waals surface area contributed by atoms with Crippen LogP contribution in [0.3, 0.4) is 0 Å². The van der Waals surface area contributed by atoms with Crippen molar-refractivity contribution in [1.82, 2.24) is 5.32 Å². The summed E-state index contributed by atoms with van der Waals surface area (Å²) in [6.07, 6.45) is 0. The van der Waals surface area contributed by atoms with E-state index < -0.39 is 24.5 Å². The van der Waals surface area contributed by atoms with Crippen LogP contribution in [-0.4, -0.2) is 34.7 Å². The maximum atomic E-state index is 11.7. The summed E-state index contributed by atoms with van der Waals surface area (Å²) in [5, 5.41) is 20.1. The van der Waals surface area contributed by atoms with Crippen LogP contribution in [0.15, 0.2) is 22.7 Å². The van der Waals surface area contributed by atoms with Crippen LogP contribution in [0.5, 0.6) is 0 Å². The highest BCUT2D eigenvalue weighted by Crippen LogP contribution is 2.21. The third kappa shape index (κ3) is 3.69. The Bertz CT molecular complexity index is 452. The van der Waals surface area contributed by atoms with Crippen LogP contribution >= 0.6 is 27.5 Å². The van der Waals surface area contributed by atoms with Gasteiger partial charge in [0.1, 0.15) is 0 Å². The van der Waals surface area contributed by atoms with E-state index in [1.54, 1.807) is 0 Å². The summed E-state index contributed by atoms with van der Waals surface area (Å²) in [6, 6.07) is 3.16. The molecular formula is C10H9BrClNO4. The van der Waals surface area contributed by atoms with Crippen molar-refractivity contribution in [3.05, 3.63) is 33.3 Å². The van der Waals surface area contributed by atoms with Gasteiger partial charge in [0.05, 0.1) is 12.2 Å². The van der Waals surface area contributed by atoms with Crippen molar-refractivity contribution in [3.63, 3.8) is 0 Å². The standard InChI is InChI=1S/C10H9BrClNO4/c11-7-3-5(12)1-2-6(7)9(15)13-8(4-14)10(16)17/h1-3,8,14H,4H2,(H,13,15)(H,16,17). The predicted molar refractivity (Wildman–Crippen MR) is 65.1 cm³/mol. The first-order chi connectivity index (χ1) is 7.95. The number of amides is 1. The number of aliphatic carboxylic acids is 1. The number of halogens is 2. The Morgan fingerprint density at radius 3 is 2.59 bits per heavy atom. The van der Waals surface area contributed by atoms with Crippen molar-refractivity contribution in [1.29, 1.82) is 0 Å². The highest BCUT2D eigenvalue weighted by molar-refractivity contribution is 9.10. The molecule has 17 heavy (non-hydrogen) atoms. The molecule has 0 spiro atoms. The van der Waals surface area contributed by atoms with Crippen LogP contribution < -0.4 is 5.32 Å². The largest absolute Gasteiger partial charge is 0.480 e. The minimum atomic E-state index is -1.33. The zero-order valence-corrected chi connectivity index (χ0v) is 10.8. The third-order valence-electron chi connectivity index (χ3n) is 1.96. The molecule has 7 heteroatoms. The lowest BCUT2D eigenvalue weighted by atomic mass is 10.2. The molecule has 0 saturated heterocycles. The van der Waals surface area contributed by atoms with Crippen molar-refractivity contribution in [3.8, 4) is 0 Å². The molecule has 0 saturated carbocycles. The van der Waals surface area contributed by atoms with Crippen molar-refractivity contribution in [2.24, 2.45) is 0 Å². The van der Waals surface area contributed by atoms with Crippen molar-refractivity contribution >= 4 is 39.4 Å². The predicted octanol–water partition coefficient (Wildman–Crippen LogP) is 1.28. The monoisotopic (exact) mass is 321 g/mol. The van der Waals surface area contributed by atoms with Crippen LogP contribution in [0.2, 0.25) is 5.02 Å². The van der Waals surface area contributed by atoms with E-state index in [0.29, 0.717) is 9.50 Å². The topological polar surface area (TPSA) is 86.6 Å². The molecule has 0 radical (unpaired) electrons. The average Bonchev–Trinajstić information content (AvgIpc) is 2.24. The number of hydrogen-bond acceptors (Lipinski definition) is 3. The molecule has 3 N–H and O–H groups in total. The summed E-state index contributed by atoms with van der Waals surface area (Å²) >= 11 is 8.85. The number of carboxylic acids is 1. The van der Waals surface area contributed by atoms with Gasteiger partial charge < -0.3 is 15.5 Å². The lowest BCUT2D eigenvalue weighted by molar-refractivity contribution is -0.140. The van der Waals surface area contributed by atoms with Gasteiger partial charge in [-0.2, -0.15) is 0 Å². The summed E-state index contributed by atoms with van der Waals surface area (Å²) in [5.74, 6) is -1.90. The second-order valence-corrected chi connectivity index (χ2v) is 4.46. The smallest absolute Gasteiger partial charge is 0.328 e. The van der Waals surface area contributed by atoms with Gasteiger partial charge in [-0.15, -0.1) is 0 Å². The quantitative estimate of drug-likeness (QED) is 0.779. The van der Waals surface area contributed by atoms with Gasteiger partial charge in [-0.25, -0.2) is 4.79 Å². The van der Waals surface area contributed by atoms with E-state index in [1.165, 1.54) is 18.2 Å². The summed E-state index contributed by atoms with van der Waals surface area (Å²) in [6.45, 7) is -0.674. The van der Waals surface area contributed by atoms with Crippen molar-refractivity contribution in [2.75, 3.05) is 6.61 Å². The summed E-state index contributed by atoms with van der Waals surface area (Å²) in [5.41, 5.74) is 0.245. The van der Waals surface area contributed by atoms with Gasteiger partial charge in [0.25, 0.3) is 5.91 Å². The fraction of sp³-hybridized carbons (Fsp3) is 0.200. The molecule has 92 valence electrons. The van der Waals surface area contributed by atoms with E-state index in [9.17, 15) is 9.59 Å². The molecule has 0 heterocycles. The molecule has 0 aliphatic carbocycles. The van der Waals surface area contributed by atoms with E-state index >= 15 is 0 Å². The first-order valence-electron chi connectivity index (χ1n) is 4.55. The fourth-order valence-electron chi connectivity index (χ4n) is 1.10. The average molecular weight is 323 g/mol. The Morgan fingerprint density at radius 1 is 1.47 bits per heavy atom. The first-order valence-corrected chi connectivity index (χ1v) is 5.72. The van der Waals surface area contributed by atoms with E-state index in [1.807, 2.05) is 0 Å². The number of benzene rings is 1. The van der Waals surface area contributed by atoms with Crippen LogP contribution in [0.4, 0.5) is 0 Å². The lowest BCUT2D eigenvalue weighted by Crippen LogP contribution is -2.43. The second kappa shape index (κ2) is 6.00. The number of aliphatic hydroxyl groups excluding tert-OH is 1. The maximum absolute atomic E-state index is 11.7. The normalized spacial score (nSPS) is 11.9. The molecule has 1 amide bonds. The number of aliphatic hydroxyl groups is 1. The molecule has 0 aromatic heterocycles. The zero-order chi connectivity index (χ0) is 13.0. The third-order valence-corrected chi connectivity index (χ3v) is 2.85. The number of hydrogen-bond donors (Lipinski definition) is 3. The van der Waals surface area contributed by atoms with E-state index in [2.05, 4.69) is 21.2 Å². The van der Waals surface area contributed by atoms with Gasteiger partial charge in [-0.3, -0.25) is 4.79 Å². The number of nitrogens with one attached hydrogen (secondary N) is 1. The van der Waals surface area contributed by atoms with Gasteiger partial charge in [-0.05, 0) is 34.1 Å². The summed E-state index contributed by atoms with van der Waals surface area (Å²) < 4.78 is 0.449. The van der Waals surface area contributed by atoms with Gasteiger partial charge in [0.15, 0.2) is 6.04 Å². The first kappa shape index (κ1) is 14.0. The molecule has 1 unspecified atom stereocenters. The number of carbonyl (C=O) groups is 2. The Kier molecular flexibility index (Phi) is 4.92. The molecule has 1 aromatic carbocycles. The minimum absolute atomic E-state index is 0.245. The van der Waals surface area contributed by atoms with Crippen molar-refractivity contribution in [2.45, 2.75) is 6.04 Å². The summed E-state index contributed by atoms with van der Waals surface area (Å²) in [7, 11) is 0. The summed E-state index contributed by atoms with van der Waals surface area (Å²) in [4.78, 5) is 22.3. The van der Waals surface area contributed by atoms with Gasteiger partial charge in [-0.1, -0.05) is 11.6 Å². The Balaban J connectivity index is 2.86. The van der Waals surface area contributed by atoms with E-state index in [4.69, 9.17) is 21.8 Å². The second-order valence-electron chi connectivity index (χ2n) is 3.17. The molecule has 5 nitrogen and oxygen atoms in total. The highest BCUT2D eigenvalue weighted by Gasteiger charge is 2.20. The van der Waals surface area contributed by atoms with Gasteiger partial charge in [0, 0.05) is 9.50 Å². The fourth-order valence-corrected chi connectivity index (χ4v) is 1.96. The van der Waals surface area contributed by atoms with Gasteiger partial charge >= 0.3 is 5.97 Å². The molecule has 0 fully saturated rings. The van der Waals surface area contributed by atoms with E-state index in [-0.39, 0.29) is 5.56 Å². The molecule has 1 atom stereocenters. The van der Waals surface area contributed by atoms with E-state index in [0.717, 1.165) is 0 Å². The van der Waals surface area contributed by atoms with Gasteiger partial charge in [0.2, 0.25) is 0 Å². The maximum Gasteiger partial charge on any atom is 0.328 e. The molecular weight excluding hydrogens is 313 g/mol. The number of rotatable bonds is 4. The molecule has 1 aromatic rings. The van der Waals surface area contributed by atoms with Crippen LogP contribution in [0.1, 0.15) is 10.4 Å². The van der Waals surface area contributed by atoms with Crippen LogP contribution in [0, 0.1) is 0 Å². The number of carboxylic acid groups (broad SMARTS) is 1. The molecule has 0 aliphatic rings. The Labute approximate surface area is 111 Å². The minimum Gasteiger partial charge on any atom is -0.480 e. The zero-order valence-electron chi connectivity index (χ0n) is 8.48. The lowest BCUT2D eigenvalue weighted by Gasteiger charge is -2.12. The van der Waals surface area contributed by atoms with Crippen LogP contribution in [-0.2, 0) is 4.79 Å². The SMILES string of the molecule is O=C(NC(CO)C(=O)O)c1ccc(Cl)cc1Br. The Hall–Kier alpha value is -1.11. The molecule has 0 bridgehead atoms.